The summed E-state index contributed by atoms with van der Waals surface area (Å²) in [5, 5.41) is 14.9. The molecule has 2 rings (SSSR count). The van der Waals surface area contributed by atoms with Gasteiger partial charge in [0, 0.05) is 12.2 Å². The van der Waals surface area contributed by atoms with E-state index in [4.69, 9.17) is 5.11 Å². The number of amides is 1. The zero-order valence-corrected chi connectivity index (χ0v) is 11.6. The van der Waals surface area contributed by atoms with Gasteiger partial charge in [-0.3, -0.25) is 9.59 Å². The van der Waals surface area contributed by atoms with Crippen molar-refractivity contribution < 1.29 is 14.7 Å². The van der Waals surface area contributed by atoms with Crippen LogP contribution in [0.3, 0.4) is 0 Å². The van der Waals surface area contributed by atoms with E-state index in [0.29, 0.717) is 17.8 Å². The van der Waals surface area contributed by atoms with Crippen LogP contribution in [0.4, 0.5) is 5.69 Å². The minimum atomic E-state index is -0.876. The summed E-state index contributed by atoms with van der Waals surface area (Å²) in [7, 11) is 0. The number of anilines is 1. The quantitative estimate of drug-likeness (QED) is 0.764. The summed E-state index contributed by atoms with van der Waals surface area (Å²) < 4.78 is 0. The number of carbonyl (C=O) groups is 2. The predicted molar refractivity (Wildman–Crippen MR) is 76.6 cm³/mol. The van der Waals surface area contributed by atoms with Crippen LogP contribution in [0, 0.1) is 5.41 Å². The Morgan fingerprint density at radius 1 is 1.45 bits per heavy atom. The van der Waals surface area contributed by atoms with Crippen LogP contribution in [0.15, 0.2) is 24.3 Å². The van der Waals surface area contributed by atoms with Crippen LogP contribution in [-0.4, -0.2) is 30.1 Å². The first kappa shape index (κ1) is 14.5. The fourth-order valence-corrected chi connectivity index (χ4v) is 2.60. The molecule has 3 N–H and O–H groups in total. The van der Waals surface area contributed by atoms with Gasteiger partial charge < -0.3 is 15.7 Å². The molecule has 0 aromatic heterocycles. The molecule has 5 nitrogen and oxygen atoms in total. The summed E-state index contributed by atoms with van der Waals surface area (Å²) in [5.41, 5.74) is 1.00. The summed E-state index contributed by atoms with van der Waals surface area (Å²) in [6, 6.07) is 7.02. The van der Waals surface area contributed by atoms with Crippen molar-refractivity contribution in [1.29, 1.82) is 0 Å². The van der Waals surface area contributed by atoms with Gasteiger partial charge in [0.1, 0.15) is 0 Å². The van der Waals surface area contributed by atoms with Crippen LogP contribution in [-0.2, 0) is 16.0 Å². The lowest BCUT2D eigenvalue weighted by molar-refractivity contribution is -0.136. The van der Waals surface area contributed by atoms with Gasteiger partial charge in [0.2, 0.25) is 5.91 Å². The Labute approximate surface area is 118 Å². The second-order valence-corrected chi connectivity index (χ2v) is 5.29. The third-order valence-electron chi connectivity index (χ3n) is 3.94. The number of carboxylic acid groups (broad SMARTS) is 1. The first-order valence-electron chi connectivity index (χ1n) is 6.89. The van der Waals surface area contributed by atoms with Crippen molar-refractivity contribution in [3.8, 4) is 0 Å². The lowest BCUT2D eigenvalue weighted by Crippen LogP contribution is -2.37. The Morgan fingerprint density at radius 3 is 2.85 bits per heavy atom. The highest BCUT2D eigenvalue weighted by Gasteiger charge is 2.39. The third-order valence-corrected chi connectivity index (χ3v) is 3.94. The number of nitrogens with one attached hydrogen (secondary N) is 2. The van der Waals surface area contributed by atoms with Crippen molar-refractivity contribution in [3.05, 3.63) is 29.8 Å². The van der Waals surface area contributed by atoms with E-state index in [0.717, 1.165) is 19.4 Å². The molecule has 1 aliphatic rings. The van der Waals surface area contributed by atoms with Crippen molar-refractivity contribution in [1.82, 2.24) is 5.32 Å². The van der Waals surface area contributed by atoms with Gasteiger partial charge >= 0.3 is 5.97 Å². The Morgan fingerprint density at radius 2 is 2.25 bits per heavy atom. The second kappa shape index (κ2) is 6.05. The predicted octanol–water partition coefficient (Wildman–Crippen LogP) is 1.64. The van der Waals surface area contributed by atoms with Crippen LogP contribution >= 0.6 is 0 Å². The molecular formula is C15H20N2O3. The zero-order valence-electron chi connectivity index (χ0n) is 11.6. The lowest BCUT2D eigenvalue weighted by atomic mass is 9.83. The highest BCUT2D eigenvalue weighted by Crippen LogP contribution is 2.31. The molecule has 20 heavy (non-hydrogen) atoms. The molecule has 0 radical (unpaired) electrons. The maximum Gasteiger partial charge on any atom is 0.307 e. The average Bonchev–Trinajstić information content (AvgIpc) is 2.88. The van der Waals surface area contributed by atoms with E-state index in [-0.39, 0.29) is 17.7 Å². The van der Waals surface area contributed by atoms with Crippen molar-refractivity contribution in [2.45, 2.75) is 26.2 Å². The number of carbonyl (C=O) groups excluding carboxylic acids is 1. The molecule has 0 spiro atoms. The van der Waals surface area contributed by atoms with E-state index in [1.807, 2.05) is 6.92 Å². The van der Waals surface area contributed by atoms with Crippen LogP contribution in [0.5, 0.6) is 0 Å². The normalized spacial score (nSPS) is 21.6. The van der Waals surface area contributed by atoms with E-state index >= 15 is 0 Å². The molecule has 5 heteroatoms. The molecule has 1 atom stereocenters. The van der Waals surface area contributed by atoms with Crippen LogP contribution in [0.25, 0.3) is 0 Å². The van der Waals surface area contributed by atoms with E-state index in [1.54, 1.807) is 24.3 Å². The lowest BCUT2D eigenvalue weighted by Gasteiger charge is -2.25. The number of rotatable bonds is 5. The number of carboxylic acids is 1. The number of aliphatic carboxylic acids is 1. The molecule has 1 aromatic rings. The molecular weight excluding hydrogens is 256 g/mol. The molecule has 0 saturated carbocycles. The van der Waals surface area contributed by atoms with Gasteiger partial charge in [-0.05, 0) is 37.1 Å². The van der Waals surface area contributed by atoms with Crippen molar-refractivity contribution in [2.75, 3.05) is 18.4 Å². The molecule has 1 aromatic carbocycles. The van der Waals surface area contributed by atoms with Crippen LogP contribution < -0.4 is 10.6 Å². The highest BCUT2D eigenvalue weighted by molar-refractivity contribution is 5.95. The summed E-state index contributed by atoms with van der Waals surface area (Å²) in [6.45, 7) is 3.58. The smallest absolute Gasteiger partial charge is 0.307 e. The van der Waals surface area contributed by atoms with Crippen molar-refractivity contribution >= 4 is 17.6 Å². The van der Waals surface area contributed by atoms with Gasteiger partial charge in [0.05, 0.1) is 11.8 Å². The second-order valence-electron chi connectivity index (χ2n) is 5.29. The molecule has 1 fully saturated rings. The van der Waals surface area contributed by atoms with Gasteiger partial charge in [-0.2, -0.15) is 0 Å². The number of hydrogen-bond donors (Lipinski definition) is 3. The first-order chi connectivity index (χ1) is 9.55. The van der Waals surface area contributed by atoms with E-state index in [2.05, 4.69) is 10.6 Å². The molecule has 1 heterocycles. The largest absolute Gasteiger partial charge is 0.481 e. The Balaban J connectivity index is 2.09. The van der Waals surface area contributed by atoms with Crippen LogP contribution in [0.2, 0.25) is 0 Å². The molecule has 1 saturated heterocycles. The minimum Gasteiger partial charge on any atom is -0.481 e. The minimum absolute atomic E-state index is 0.0116. The molecule has 108 valence electrons. The van der Waals surface area contributed by atoms with E-state index in [9.17, 15) is 9.59 Å². The SMILES string of the molecule is CCC1(C(=O)Nc2cccc(CC(=O)O)c2)CCNC1. The van der Waals surface area contributed by atoms with E-state index in [1.165, 1.54) is 0 Å². The van der Waals surface area contributed by atoms with Gasteiger partial charge in [-0.1, -0.05) is 19.1 Å². The summed E-state index contributed by atoms with van der Waals surface area (Å²) in [6.07, 6.45) is 1.59. The molecule has 0 aliphatic carbocycles. The van der Waals surface area contributed by atoms with Crippen LogP contribution in [0.1, 0.15) is 25.3 Å². The summed E-state index contributed by atoms with van der Waals surface area (Å²) in [4.78, 5) is 23.1. The summed E-state index contributed by atoms with van der Waals surface area (Å²) >= 11 is 0. The van der Waals surface area contributed by atoms with E-state index < -0.39 is 5.97 Å². The zero-order chi connectivity index (χ0) is 14.6. The standard InChI is InChI=1S/C15H20N2O3/c1-2-15(6-7-16-10-15)14(20)17-12-5-3-4-11(8-12)9-13(18)19/h3-5,8,16H,2,6-7,9-10H2,1H3,(H,17,20)(H,18,19). The van der Waals surface area contributed by atoms with Gasteiger partial charge in [0.15, 0.2) is 0 Å². The third kappa shape index (κ3) is 3.17. The maximum absolute atomic E-state index is 12.4. The Bertz CT molecular complexity index is 508. The van der Waals surface area contributed by atoms with Crippen molar-refractivity contribution in [2.24, 2.45) is 5.41 Å². The first-order valence-corrected chi connectivity index (χ1v) is 6.89. The fraction of sp³-hybridized carbons (Fsp3) is 0.467. The maximum atomic E-state index is 12.4. The van der Waals surface area contributed by atoms with Crippen molar-refractivity contribution in [3.63, 3.8) is 0 Å². The Hall–Kier alpha value is -1.88. The summed E-state index contributed by atoms with van der Waals surface area (Å²) in [5.74, 6) is -0.865. The number of hydrogen-bond acceptors (Lipinski definition) is 3. The molecule has 1 unspecified atom stereocenters. The molecule has 0 bridgehead atoms. The Kier molecular flexibility index (Phi) is 4.39. The monoisotopic (exact) mass is 276 g/mol. The van der Waals surface area contributed by atoms with Gasteiger partial charge in [0.25, 0.3) is 0 Å². The molecule has 1 amide bonds. The molecule has 1 aliphatic heterocycles. The topological polar surface area (TPSA) is 78.4 Å². The highest BCUT2D eigenvalue weighted by atomic mass is 16.4. The fourth-order valence-electron chi connectivity index (χ4n) is 2.60. The average molecular weight is 276 g/mol. The number of benzene rings is 1. The van der Waals surface area contributed by atoms with Gasteiger partial charge in [-0.15, -0.1) is 0 Å². The van der Waals surface area contributed by atoms with Gasteiger partial charge in [-0.25, -0.2) is 0 Å².